The Morgan fingerprint density at radius 1 is 1.06 bits per heavy atom. The minimum absolute atomic E-state index is 0.0402. The number of carbonyl (C=O) groups is 3. The summed E-state index contributed by atoms with van der Waals surface area (Å²) < 4.78 is 1.96. The Bertz CT molecular complexity index is 1310. The van der Waals surface area contributed by atoms with Crippen LogP contribution in [0.15, 0.2) is 53.6 Å². The molecule has 1 aliphatic rings. The number of carbonyl (C=O) groups excluding carboxylic acids is 3. The van der Waals surface area contributed by atoms with Crippen molar-refractivity contribution in [2.24, 2.45) is 0 Å². The molecular weight excluding hydrogens is 470 g/mol. The van der Waals surface area contributed by atoms with Crippen LogP contribution in [-0.4, -0.2) is 39.6 Å². The summed E-state index contributed by atoms with van der Waals surface area (Å²) in [5.41, 5.74) is 3.26. The molecule has 1 fully saturated rings. The van der Waals surface area contributed by atoms with Crippen molar-refractivity contribution >= 4 is 63.1 Å². The lowest BCUT2D eigenvalue weighted by Crippen LogP contribution is -2.33. The van der Waals surface area contributed by atoms with Gasteiger partial charge in [0.1, 0.15) is 6.54 Å². The molecule has 0 unspecified atom stereocenters. The second-order valence-corrected chi connectivity index (χ2v) is 9.31. The summed E-state index contributed by atoms with van der Waals surface area (Å²) >= 11 is 7.13. The normalized spacial score (nSPS) is 15.1. The van der Waals surface area contributed by atoms with Crippen LogP contribution in [0.1, 0.15) is 31.9 Å². The number of aromatic nitrogens is 1. The summed E-state index contributed by atoms with van der Waals surface area (Å²) in [6.45, 7) is 7.52. The average molecular weight is 496 g/mol. The first kappa shape index (κ1) is 24.1. The van der Waals surface area contributed by atoms with Crippen LogP contribution in [-0.2, 0) is 22.6 Å². The van der Waals surface area contributed by atoms with E-state index in [1.54, 1.807) is 35.2 Å². The fraction of sp³-hybridized carbons (Fsp3) is 0.269. The van der Waals surface area contributed by atoms with Gasteiger partial charge in [-0.3, -0.25) is 14.4 Å². The van der Waals surface area contributed by atoms with Crippen LogP contribution in [0.4, 0.5) is 10.5 Å². The molecule has 0 bridgehead atoms. The van der Waals surface area contributed by atoms with Gasteiger partial charge in [0.15, 0.2) is 0 Å². The van der Waals surface area contributed by atoms with Gasteiger partial charge in [0, 0.05) is 30.2 Å². The molecule has 0 aliphatic carbocycles. The van der Waals surface area contributed by atoms with Gasteiger partial charge in [0.25, 0.3) is 11.1 Å². The third-order valence-corrected chi connectivity index (χ3v) is 7.18. The Hall–Kier alpha value is -3.03. The average Bonchev–Trinajstić information content (AvgIpc) is 3.31. The highest BCUT2D eigenvalue weighted by Crippen LogP contribution is 2.39. The molecule has 4 rings (SSSR count). The number of amides is 3. The minimum Gasteiger partial charge on any atom is -0.342 e. The number of para-hydroxylation sites is 2. The van der Waals surface area contributed by atoms with Gasteiger partial charge in [-0.15, -0.1) is 0 Å². The number of nitrogens with zero attached hydrogens (tertiary/aromatic N) is 3. The van der Waals surface area contributed by atoms with Gasteiger partial charge >= 0.3 is 0 Å². The van der Waals surface area contributed by atoms with Crippen molar-refractivity contribution in [3.05, 3.63) is 69.7 Å². The molecule has 3 aromatic rings. The summed E-state index contributed by atoms with van der Waals surface area (Å²) in [5.74, 6) is -0.367. The number of likely N-dealkylation sites (N-methyl/N-ethyl adjacent to an activating group) is 1. The molecule has 1 aliphatic heterocycles. The van der Waals surface area contributed by atoms with Gasteiger partial charge in [-0.05, 0) is 55.8 Å². The van der Waals surface area contributed by atoms with E-state index in [4.69, 9.17) is 11.6 Å². The summed E-state index contributed by atoms with van der Waals surface area (Å²) in [7, 11) is 0. The zero-order chi connectivity index (χ0) is 24.4. The summed E-state index contributed by atoms with van der Waals surface area (Å²) in [4.78, 5) is 42.0. The van der Waals surface area contributed by atoms with E-state index < -0.39 is 5.91 Å². The third-order valence-electron chi connectivity index (χ3n) is 5.99. The lowest BCUT2D eigenvalue weighted by atomic mass is 10.1. The monoisotopic (exact) mass is 495 g/mol. The Kier molecular flexibility index (Phi) is 7.14. The van der Waals surface area contributed by atoms with Gasteiger partial charge in [-0.25, -0.2) is 4.90 Å². The highest BCUT2D eigenvalue weighted by Gasteiger charge is 2.37. The molecule has 0 saturated carbocycles. The van der Waals surface area contributed by atoms with Crippen LogP contribution in [0.3, 0.4) is 0 Å². The number of hydrogen-bond donors (Lipinski definition) is 0. The molecule has 176 valence electrons. The molecule has 0 N–H and O–H groups in total. The molecule has 0 atom stereocenters. The third kappa shape index (κ3) is 4.38. The number of benzene rings is 2. The van der Waals surface area contributed by atoms with Crippen molar-refractivity contribution in [1.29, 1.82) is 0 Å². The first-order valence-electron chi connectivity index (χ1n) is 11.3. The van der Waals surface area contributed by atoms with Gasteiger partial charge in [-0.2, -0.15) is 0 Å². The highest BCUT2D eigenvalue weighted by molar-refractivity contribution is 8.19. The van der Waals surface area contributed by atoms with Crippen molar-refractivity contribution in [1.82, 2.24) is 9.47 Å². The second-order valence-electron chi connectivity index (χ2n) is 7.91. The Labute approximate surface area is 208 Å². The van der Waals surface area contributed by atoms with Gasteiger partial charge < -0.3 is 9.47 Å². The first-order chi connectivity index (χ1) is 16.4. The SMILES string of the molecule is CCc1cccc2c(/C=C3\SC(=O)N(c4ccccc4Cl)C3=O)cn(CC(=O)N(CC)CC)c12. The summed E-state index contributed by atoms with van der Waals surface area (Å²) in [6.07, 6.45) is 4.44. The minimum atomic E-state index is -0.408. The molecule has 0 radical (unpaired) electrons. The van der Waals surface area contributed by atoms with Crippen molar-refractivity contribution in [2.45, 2.75) is 33.7 Å². The zero-order valence-corrected chi connectivity index (χ0v) is 20.9. The van der Waals surface area contributed by atoms with Crippen LogP contribution in [0.5, 0.6) is 0 Å². The number of aryl methyl sites for hydroxylation is 1. The van der Waals surface area contributed by atoms with Crippen molar-refractivity contribution in [3.8, 4) is 0 Å². The maximum Gasteiger partial charge on any atom is 0.298 e. The lowest BCUT2D eigenvalue weighted by Gasteiger charge is -2.19. The number of thioether (sulfide) groups is 1. The molecule has 0 spiro atoms. The Morgan fingerprint density at radius 2 is 1.79 bits per heavy atom. The van der Waals surface area contributed by atoms with Crippen LogP contribution >= 0.6 is 23.4 Å². The van der Waals surface area contributed by atoms with Gasteiger partial charge in [0.05, 0.1) is 21.1 Å². The number of fused-ring (bicyclic) bond motifs is 1. The second kappa shape index (κ2) is 10.1. The van der Waals surface area contributed by atoms with Gasteiger partial charge in [0.2, 0.25) is 5.91 Å². The molecule has 2 aromatic carbocycles. The molecule has 2 heterocycles. The van der Waals surface area contributed by atoms with Crippen molar-refractivity contribution in [3.63, 3.8) is 0 Å². The van der Waals surface area contributed by atoms with Crippen LogP contribution in [0, 0.1) is 0 Å². The number of rotatable bonds is 7. The molecule has 34 heavy (non-hydrogen) atoms. The smallest absolute Gasteiger partial charge is 0.298 e. The molecule has 3 amide bonds. The predicted octanol–water partition coefficient (Wildman–Crippen LogP) is 5.97. The van der Waals surface area contributed by atoms with E-state index in [1.807, 2.05) is 36.7 Å². The molecule has 1 saturated heterocycles. The van der Waals surface area contributed by atoms with Crippen LogP contribution in [0.25, 0.3) is 17.0 Å². The van der Waals surface area contributed by atoms with E-state index in [2.05, 4.69) is 13.0 Å². The van der Waals surface area contributed by atoms with E-state index in [0.29, 0.717) is 28.7 Å². The van der Waals surface area contributed by atoms with E-state index >= 15 is 0 Å². The zero-order valence-electron chi connectivity index (χ0n) is 19.4. The van der Waals surface area contributed by atoms with Crippen molar-refractivity contribution in [2.75, 3.05) is 18.0 Å². The number of anilines is 1. The molecular formula is C26H26ClN3O3S. The maximum atomic E-state index is 13.2. The van der Waals surface area contributed by atoms with E-state index in [1.165, 1.54) is 0 Å². The number of imide groups is 1. The van der Waals surface area contributed by atoms with E-state index in [0.717, 1.165) is 45.1 Å². The van der Waals surface area contributed by atoms with E-state index in [9.17, 15) is 14.4 Å². The molecule has 1 aromatic heterocycles. The van der Waals surface area contributed by atoms with E-state index in [-0.39, 0.29) is 17.7 Å². The fourth-order valence-corrected chi connectivity index (χ4v) is 5.31. The standard InChI is InChI=1S/C26H26ClN3O3S/c1-4-17-10-9-11-19-18(15-29(24(17)19)16-23(31)28(5-2)6-3)14-22-25(32)30(26(33)34-22)21-13-8-7-12-20(21)27/h7-15H,4-6,16H2,1-3H3/b22-14-. The van der Waals surface area contributed by atoms with Crippen LogP contribution in [0.2, 0.25) is 5.02 Å². The predicted molar refractivity (Wildman–Crippen MR) is 139 cm³/mol. The Balaban J connectivity index is 1.77. The topological polar surface area (TPSA) is 62.6 Å². The van der Waals surface area contributed by atoms with Gasteiger partial charge in [-0.1, -0.05) is 48.9 Å². The largest absolute Gasteiger partial charge is 0.342 e. The quantitative estimate of drug-likeness (QED) is 0.379. The summed E-state index contributed by atoms with van der Waals surface area (Å²) in [5, 5.41) is 0.889. The lowest BCUT2D eigenvalue weighted by molar-refractivity contribution is -0.131. The fourth-order valence-electron chi connectivity index (χ4n) is 4.26. The molecule has 6 nitrogen and oxygen atoms in total. The van der Waals surface area contributed by atoms with Crippen LogP contribution < -0.4 is 4.90 Å². The maximum absolute atomic E-state index is 13.2. The number of halogens is 1. The molecule has 8 heteroatoms. The Morgan fingerprint density at radius 3 is 2.47 bits per heavy atom. The first-order valence-corrected chi connectivity index (χ1v) is 12.5. The highest BCUT2D eigenvalue weighted by atomic mass is 35.5. The summed E-state index contributed by atoms with van der Waals surface area (Å²) in [6, 6.07) is 12.8. The van der Waals surface area contributed by atoms with Crippen molar-refractivity contribution < 1.29 is 14.4 Å². The number of hydrogen-bond acceptors (Lipinski definition) is 4.